The molecule has 0 spiro atoms. The van der Waals surface area contributed by atoms with Crippen LogP contribution in [0.15, 0.2) is 24.3 Å². The second kappa shape index (κ2) is 7.91. The van der Waals surface area contributed by atoms with Crippen LogP contribution in [-0.2, 0) is 10.8 Å². The van der Waals surface area contributed by atoms with Crippen molar-refractivity contribution in [2.45, 2.75) is 19.9 Å². The zero-order chi connectivity index (χ0) is 14.3. The molecule has 0 aromatic heterocycles. The normalized spacial score (nSPS) is 13.6. The molecule has 106 valence electrons. The maximum absolute atomic E-state index is 11.6. The average Bonchev–Trinajstić information content (AvgIpc) is 2.38. The number of hydrogen-bond donors (Lipinski definition) is 3. The van der Waals surface area contributed by atoms with Crippen LogP contribution in [0.25, 0.3) is 0 Å². The van der Waals surface area contributed by atoms with E-state index in [4.69, 9.17) is 5.73 Å². The Kier molecular flexibility index (Phi) is 6.52. The monoisotopic (exact) mass is 283 g/mol. The second-order valence-corrected chi connectivity index (χ2v) is 6.09. The molecule has 1 aromatic rings. The van der Waals surface area contributed by atoms with Gasteiger partial charge >= 0.3 is 6.03 Å². The number of benzene rings is 1. The molecule has 0 aliphatic carbocycles. The third-order valence-electron chi connectivity index (χ3n) is 2.61. The van der Waals surface area contributed by atoms with E-state index in [1.807, 2.05) is 32.0 Å². The maximum atomic E-state index is 11.6. The van der Waals surface area contributed by atoms with Gasteiger partial charge in [-0.05, 0) is 24.6 Å². The first-order chi connectivity index (χ1) is 9.02. The number of anilines is 1. The Labute approximate surface area is 116 Å². The third kappa shape index (κ3) is 5.85. The van der Waals surface area contributed by atoms with Crippen molar-refractivity contribution in [1.29, 1.82) is 0 Å². The lowest BCUT2D eigenvalue weighted by molar-refractivity contribution is 0.252. The first kappa shape index (κ1) is 15.7. The van der Waals surface area contributed by atoms with Crippen LogP contribution in [0.2, 0.25) is 0 Å². The molecule has 4 N–H and O–H groups in total. The van der Waals surface area contributed by atoms with Crippen LogP contribution in [0.5, 0.6) is 0 Å². The second-order valence-electron chi connectivity index (χ2n) is 4.23. The minimum absolute atomic E-state index is 0.0724. The first-order valence-electron chi connectivity index (χ1n) is 6.28. The van der Waals surface area contributed by atoms with E-state index < -0.39 is 10.8 Å². The Balaban J connectivity index is 2.44. The molecule has 2 amide bonds. The molecule has 0 heterocycles. The third-order valence-corrected chi connectivity index (χ3v) is 3.91. The molecule has 1 rings (SSSR count). The Morgan fingerprint density at radius 1 is 1.47 bits per heavy atom. The van der Waals surface area contributed by atoms with E-state index in [9.17, 15) is 9.00 Å². The van der Waals surface area contributed by atoms with E-state index in [2.05, 4.69) is 10.6 Å². The predicted octanol–water partition coefficient (Wildman–Crippen LogP) is 1.60. The van der Waals surface area contributed by atoms with Gasteiger partial charge in [0, 0.05) is 40.6 Å². The van der Waals surface area contributed by atoms with Gasteiger partial charge in [-0.1, -0.05) is 19.1 Å². The number of nitrogens with one attached hydrogen (secondary N) is 2. The molecule has 0 fully saturated rings. The van der Waals surface area contributed by atoms with Gasteiger partial charge in [-0.15, -0.1) is 0 Å². The van der Waals surface area contributed by atoms with Gasteiger partial charge in [0.05, 0.1) is 0 Å². The molecule has 0 bridgehead atoms. The molecule has 2 unspecified atom stereocenters. The van der Waals surface area contributed by atoms with Gasteiger partial charge in [0.1, 0.15) is 0 Å². The number of amides is 2. The van der Waals surface area contributed by atoms with Gasteiger partial charge in [-0.25, -0.2) is 4.79 Å². The van der Waals surface area contributed by atoms with E-state index in [-0.39, 0.29) is 12.1 Å². The Morgan fingerprint density at radius 3 is 2.84 bits per heavy atom. The molecular weight excluding hydrogens is 262 g/mol. The van der Waals surface area contributed by atoms with Crippen LogP contribution < -0.4 is 16.4 Å². The molecule has 0 aliphatic rings. The summed E-state index contributed by atoms with van der Waals surface area (Å²) < 4.78 is 11.2. The molecule has 19 heavy (non-hydrogen) atoms. The highest BCUT2D eigenvalue weighted by Crippen LogP contribution is 2.15. The van der Waals surface area contributed by atoms with E-state index in [1.54, 1.807) is 6.07 Å². The summed E-state index contributed by atoms with van der Waals surface area (Å²) in [5.74, 6) is 1.09. The van der Waals surface area contributed by atoms with Gasteiger partial charge in [0.2, 0.25) is 0 Å². The summed E-state index contributed by atoms with van der Waals surface area (Å²) in [6, 6.07) is 7.04. The lowest BCUT2D eigenvalue weighted by Crippen LogP contribution is -2.32. The summed E-state index contributed by atoms with van der Waals surface area (Å²) in [6.45, 7) is 4.15. The SMILES string of the molecule is CCS(=O)CCNC(=O)Nc1cccc(C(C)N)c1. The smallest absolute Gasteiger partial charge is 0.319 e. The van der Waals surface area contributed by atoms with Crippen molar-refractivity contribution in [3.05, 3.63) is 29.8 Å². The van der Waals surface area contributed by atoms with Crippen LogP contribution in [0.4, 0.5) is 10.5 Å². The summed E-state index contributed by atoms with van der Waals surface area (Å²) in [6.07, 6.45) is 0. The Bertz CT molecular complexity index is 449. The lowest BCUT2D eigenvalue weighted by atomic mass is 10.1. The average molecular weight is 283 g/mol. The van der Waals surface area contributed by atoms with E-state index in [0.717, 1.165) is 5.56 Å². The minimum Gasteiger partial charge on any atom is -0.337 e. The highest BCUT2D eigenvalue weighted by atomic mass is 32.2. The molecule has 0 radical (unpaired) electrons. The highest BCUT2D eigenvalue weighted by Gasteiger charge is 2.04. The zero-order valence-electron chi connectivity index (χ0n) is 11.3. The van der Waals surface area contributed by atoms with Crippen molar-refractivity contribution < 1.29 is 9.00 Å². The number of hydrogen-bond acceptors (Lipinski definition) is 3. The van der Waals surface area contributed by atoms with Gasteiger partial charge in [0.15, 0.2) is 0 Å². The van der Waals surface area contributed by atoms with Crippen LogP contribution in [0, 0.1) is 0 Å². The molecular formula is C13H21N3O2S. The van der Waals surface area contributed by atoms with Gasteiger partial charge in [-0.2, -0.15) is 0 Å². The van der Waals surface area contributed by atoms with Crippen molar-refractivity contribution >= 4 is 22.5 Å². The van der Waals surface area contributed by atoms with Crippen LogP contribution in [0.3, 0.4) is 0 Å². The number of carbonyl (C=O) groups excluding carboxylic acids is 1. The van der Waals surface area contributed by atoms with Gasteiger partial charge < -0.3 is 16.4 Å². The summed E-state index contributed by atoms with van der Waals surface area (Å²) in [5.41, 5.74) is 7.44. The fourth-order valence-electron chi connectivity index (χ4n) is 1.50. The number of urea groups is 1. The van der Waals surface area contributed by atoms with Crippen molar-refractivity contribution in [3.63, 3.8) is 0 Å². The molecule has 0 aliphatic heterocycles. The molecule has 1 aromatic carbocycles. The van der Waals surface area contributed by atoms with Gasteiger partial charge in [-0.3, -0.25) is 4.21 Å². The summed E-state index contributed by atoms with van der Waals surface area (Å²) in [4.78, 5) is 11.6. The van der Waals surface area contributed by atoms with E-state index in [0.29, 0.717) is 23.7 Å². The molecule has 2 atom stereocenters. The highest BCUT2D eigenvalue weighted by molar-refractivity contribution is 7.84. The number of nitrogens with two attached hydrogens (primary N) is 1. The van der Waals surface area contributed by atoms with E-state index in [1.165, 1.54) is 0 Å². The van der Waals surface area contributed by atoms with Crippen molar-refractivity contribution in [2.24, 2.45) is 5.73 Å². The maximum Gasteiger partial charge on any atom is 0.319 e. The summed E-state index contributed by atoms with van der Waals surface area (Å²) in [7, 11) is -0.859. The quantitative estimate of drug-likeness (QED) is 0.741. The topological polar surface area (TPSA) is 84.2 Å². The molecule has 5 nitrogen and oxygen atoms in total. The summed E-state index contributed by atoms with van der Waals surface area (Å²) in [5, 5.41) is 5.40. The lowest BCUT2D eigenvalue weighted by Gasteiger charge is -2.10. The molecule has 0 saturated carbocycles. The van der Waals surface area contributed by atoms with Crippen molar-refractivity contribution in [2.75, 3.05) is 23.4 Å². The Morgan fingerprint density at radius 2 is 2.21 bits per heavy atom. The molecule has 0 saturated heterocycles. The zero-order valence-corrected chi connectivity index (χ0v) is 12.1. The van der Waals surface area contributed by atoms with Crippen LogP contribution in [-0.4, -0.2) is 28.3 Å². The standard InChI is InChI=1S/C13H21N3O2S/c1-3-19(18)8-7-15-13(17)16-12-6-4-5-11(9-12)10(2)14/h4-6,9-10H,3,7-8,14H2,1-2H3,(H2,15,16,17). The largest absolute Gasteiger partial charge is 0.337 e. The van der Waals surface area contributed by atoms with Crippen molar-refractivity contribution in [3.8, 4) is 0 Å². The van der Waals surface area contributed by atoms with Crippen molar-refractivity contribution in [1.82, 2.24) is 5.32 Å². The number of rotatable bonds is 6. The van der Waals surface area contributed by atoms with Crippen LogP contribution >= 0.6 is 0 Å². The predicted molar refractivity (Wildman–Crippen MR) is 79.6 cm³/mol. The van der Waals surface area contributed by atoms with Gasteiger partial charge in [0.25, 0.3) is 0 Å². The fraction of sp³-hybridized carbons (Fsp3) is 0.462. The summed E-state index contributed by atoms with van der Waals surface area (Å²) >= 11 is 0. The van der Waals surface area contributed by atoms with E-state index >= 15 is 0 Å². The number of carbonyl (C=O) groups is 1. The molecule has 6 heteroatoms. The first-order valence-corrected chi connectivity index (χ1v) is 7.77. The Hall–Kier alpha value is -1.40. The fourth-order valence-corrected chi connectivity index (χ4v) is 2.12. The van der Waals surface area contributed by atoms with Crippen LogP contribution in [0.1, 0.15) is 25.5 Å². The minimum atomic E-state index is -0.859.